The number of nitrogens with one attached hydrogen (secondary N) is 1. The van der Waals surface area contributed by atoms with Crippen molar-refractivity contribution in [2.75, 3.05) is 48.7 Å². The first-order valence-electron chi connectivity index (χ1n) is 10.2. The number of hydrogen-bond donors (Lipinski definition) is 1. The van der Waals surface area contributed by atoms with E-state index in [9.17, 15) is 4.79 Å². The third kappa shape index (κ3) is 5.41. The van der Waals surface area contributed by atoms with Crippen LogP contribution in [0.15, 0.2) is 64.3 Å². The van der Waals surface area contributed by atoms with Gasteiger partial charge in [0.1, 0.15) is 0 Å². The van der Waals surface area contributed by atoms with Crippen LogP contribution < -0.4 is 10.2 Å². The third-order valence-electron chi connectivity index (χ3n) is 5.22. The number of carbonyl (C=O) groups excluding carboxylic acids is 1. The number of thiazole rings is 1. The molecule has 1 fully saturated rings. The van der Waals surface area contributed by atoms with Crippen molar-refractivity contribution < 1.29 is 4.79 Å². The van der Waals surface area contributed by atoms with Gasteiger partial charge < -0.3 is 15.1 Å². The minimum absolute atomic E-state index is 0.0132. The van der Waals surface area contributed by atoms with Crippen molar-refractivity contribution in [2.24, 2.45) is 0 Å². The number of nitrogens with zero attached hydrogens (tertiary/aromatic N) is 3. The van der Waals surface area contributed by atoms with Crippen LogP contribution in [0.25, 0.3) is 11.3 Å². The van der Waals surface area contributed by atoms with Crippen molar-refractivity contribution in [3.63, 3.8) is 0 Å². The molecule has 156 valence electrons. The summed E-state index contributed by atoms with van der Waals surface area (Å²) in [6, 6.07) is 18.3. The summed E-state index contributed by atoms with van der Waals surface area (Å²) in [6.45, 7) is 7.64. The number of rotatable bonds is 7. The molecule has 1 aliphatic rings. The highest BCUT2D eigenvalue weighted by Crippen LogP contribution is 2.28. The summed E-state index contributed by atoms with van der Waals surface area (Å²) in [4.78, 5) is 21.8. The molecular weight excluding hydrogens is 412 g/mol. The van der Waals surface area contributed by atoms with Gasteiger partial charge in [0.05, 0.1) is 11.4 Å². The second-order valence-corrected chi connectivity index (χ2v) is 9.25. The Morgan fingerprint density at radius 2 is 1.80 bits per heavy atom. The molecule has 0 aliphatic carbocycles. The summed E-state index contributed by atoms with van der Waals surface area (Å²) < 4.78 is 0.908. The van der Waals surface area contributed by atoms with Crippen LogP contribution in [0.2, 0.25) is 0 Å². The zero-order valence-corrected chi connectivity index (χ0v) is 18.7. The van der Waals surface area contributed by atoms with Gasteiger partial charge in [0.25, 0.3) is 0 Å². The first-order valence-corrected chi connectivity index (χ1v) is 12.1. The van der Waals surface area contributed by atoms with E-state index in [1.54, 1.807) is 11.3 Å². The molecule has 1 N–H and O–H groups in total. The van der Waals surface area contributed by atoms with Crippen molar-refractivity contribution >= 4 is 40.4 Å². The number of piperazine rings is 1. The number of carbonyl (C=O) groups is 1. The first-order chi connectivity index (χ1) is 14.7. The van der Waals surface area contributed by atoms with Crippen LogP contribution in [-0.2, 0) is 4.79 Å². The van der Waals surface area contributed by atoms with Gasteiger partial charge in [0.15, 0.2) is 4.34 Å². The van der Waals surface area contributed by atoms with E-state index in [2.05, 4.69) is 39.2 Å². The number of anilines is 2. The van der Waals surface area contributed by atoms with E-state index in [4.69, 9.17) is 0 Å². The first kappa shape index (κ1) is 20.9. The van der Waals surface area contributed by atoms with E-state index in [0.717, 1.165) is 54.0 Å². The quantitative estimate of drug-likeness (QED) is 0.543. The lowest BCUT2D eigenvalue weighted by Gasteiger charge is -2.35. The molecule has 0 saturated carbocycles. The molecule has 7 heteroatoms. The summed E-state index contributed by atoms with van der Waals surface area (Å²) >= 11 is 3.05. The SMILES string of the molecule is CCN1CCN(c2ccc(NC(=O)CSc3nc(-c4ccccc4)cs3)cc2)CC1. The van der Waals surface area contributed by atoms with Gasteiger partial charge in [-0.05, 0) is 30.8 Å². The van der Waals surface area contributed by atoms with Gasteiger partial charge in [0.2, 0.25) is 5.91 Å². The van der Waals surface area contributed by atoms with Crippen LogP contribution >= 0.6 is 23.1 Å². The molecule has 1 amide bonds. The molecule has 2 aromatic carbocycles. The van der Waals surface area contributed by atoms with Gasteiger partial charge in [-0.25, -0.2) is 4.98 Å². The largest absolute Gasteiger partial charge is 0.369 e. The molecule has 5 nitrogen and oxygen atoms in total. The van der Waals surface area contributed by atoms with E-state index in [1.165, 1.54) is 17.4 Å². The Hall–Kier alpha value is -2.35. The van der Waals surface area contributed by atoms with Gasteiger partial charge in [-0.1, -0.05) is 49.0 Å². The van der Waals surface area contributed by atoms with Gasteiger partial charge in [-0.2, -0.15) is 0 Å². The van der Waals surface area contributed by atoms with Crippen molar-refractivity contribution in [1.82, 2.24) is 9.88 Å². The topological polar surface area (TPSA) is 48.5 Å². The molecule has 4 rings (SSSR count). The van der Waals surface area contributed by atoms with Crippen LogP contribution in [0.5, 0.6) is 0 Å². The minimum Gasteiger partial charge on any atom is -0.369 e. The molecule has 0 bridgehead atoms. The highest BCUT2D eigenvalue weighted by molar-refractivity contribution is 8.01. The van der Waals surface area contributed by atoms with E-state index in [1.807, 2.05) is 47.8 Å². The lowest BCUT2D eigenvalue weighted by molar-refractivity contribution is -0.113. The molecule has 1 saturated heterocycles. The fourth-order valence-corrected chi connectivity index (χ4v) is 5.10. The van der Waals surface area contributed by atoms with E-state index >= 15 is 0 Å². The van der Waals surface area contributed by atoms with Crippen molar-refractivity contribution in [2.45, 2.75) is 11.3 Å². The molecule has 0 spiro atoms. The molecule has 0 atom stereocenters. The van der Waals surface area contributed by atoms with Crippen LogP contribution in [0, 0.1) is 0 Å². The highest BCUT2D eigenvalue weighted by atomic mass is 32.2. The lowest BCUT2D eigenvalue weighted by Crippen LogP contribution is -2.46. The second kappa shape index (κ2) is 10.1. The number of benzene rings is 2. The van der Waals surface area contributed by atoms with Crippen LogP contribution in [-0.4, -0.2) is 54.3 Å². The fraction of sp³-hybridized carbons (Fsp3) is 0.304. The van der Waals surface area contributed by atoms with Gasteiger partial charge in [-0.15, -0.1) is 11.3 Å². The molecule has 0 unspecified atom stereocenters. The maximum atomic E-state index is 12.3. The van der Waals surface area contributed by atoms with Crippen LogP contribution in [0.3, 0.4) is 0 Å². The van der Waals surface area contributed by atoms with E-state index < -0.39 is 0 Å². The van der Waals surface area contributed by atoms with Crippen LogP contribution in [0.4, 0.5) is 11.4 Å². The summed E-state index contributed by atoms with van der Waals surface area (Å²) in [7, 11) is 0. The van der Waals surface area contributed by atoms with Crippen molar-refractivity contribution in [3.8, 4) is 11.3 Å². The Kier molecular flexibility index (Phi) is 7.04. The number of thioether (sulfide) groups is 1. The molecule has 0 radical (unpaired) electrons. The Morgan fingerprint density at radius 3 is 2.50 bits per heavy atom. The second-order valence-electron chi connectivity index (χ2n) is 7.17. The summed E-state index contributed by atoms with van der Waals surface area (Å²) in [6.07, 6.45) is 0. The van der Waals surface area contributed by atoms with Gasteiger partial charge in [0, 0.05) is 48.5 Å². The molecule has 2 heterocycles. The lowest BCUT2D eigenvalue weighted by atomic mass is 10.2. The van der Waals surface area contributed by atoms with Crippen molar-refractivity contribution in [1.29, 1.82) is 0 Å². The predicted molar refractivity (Wildman–Crippen MR) is 128 cm³/mol. The molecule has 30 heavy (non-hydrogen) atoms. The number of likely N-dealkylation sites (N-methyl/N-ethyl adjacent to an activating group) is 1. The zero-order valence-electron chi connectivity index (χ0n) is 17.1. The van der Waals surface area contributed by atoms with E-state index in [-0.39, 0.29) is 5.91 Å². The minimum atomic E-state index is -0.0132. The normalized spacial score (nSPS) is 14.6. The molecule has 1 aliphatic heterocycles. The summed E-state index contributed by atoms with van der Waals surface area (Å²) in [5.74, 6) is 0.336. The standard InChI is InChI=1S/C23H26N4OS2/c1-2-26-12-14-27(15-13-26)20-10-8-19(9-11-20)24-22(28)17-30-23-25-21(16-29-23)18-6-4-3-5-7-18/h3-11,16H,2,12-15,17H2,1H3,(H,24,28). The molecule has 1 aromatic heterocycles. The number of aromatic nitrogens is 1. The molecular formula is C23H26N4OS2. The highest BCUT2D eigenvalue weighted by Gasteiger charge is 2.16. The third-order valence-corrected chi connectivity index (χ3v) is 7.24. The Balaban J connectivity index is 1.26. The monoisotopic (exact) mass is 438 g/mol. The Bertz CT molecular complexity index is 951. The Labute approximate surface area is 186 Å². The van der Waals surface area contributed by atoms with Crippen LogP contribution in [0.1, 0.15) is 6.92 Å². The molecule has 3 aromatic rings. The summed E-state index contributed by atoms with van der Waals surface area (Å²) in [5.41, 5.74) is 4.11. The average molecular weight is 439 g/mol. The smallest absolute Gasteiger partial charge is 0.234 e. The maximum absolute atomic E-state index is 12.3. The maximum Gasteiger partial charge on any atom is 0.234 e. The number of hydrogen-bond acceptors (Lipinski definition) is 6. The van der Waals surface area contributed by atoms with Crippen molar-refractivity contribution in [3.05, 3.63) is 60.0 Å². The fourth-order valence-electron chi connectivity index (χ4n) is 3.47. The van der Waals surface area contributed by atoms with E-state index in [0.29, 0.717) is 5.75 Å². The summed E-state index contributed by atoms with van der Waals surface area (Å²) in [5, 5.41) is 5.02. The van der Waals surface area contributed by atoms with Gasteiger partial charge in [-0.3, -0.25) is 4.79 Å². The average Bonchev–Trinajstić information content (AvgIpc) is 3.28. The zero-order chi connectivity index (χ0) is 20.8. The number of amides is 1. The Morgan fingerprint density at radius 1 is 1.07 bits per heavy atom. The predicted octanol–water partition coefficient (Wildman–Crippen LogP) is 4.68. The van der Waals surface area contributed by atoms with Gasteiger partial charge >= 0.3 is 0 Å².